The van der Waals surface area contributed by atoms with Gasteiger partial charge in [-0.25, -0.2) is 4.68 Å². The van der Waals surface area contributed by atoms with Gasteiger partial charge in [0.2, 0.25) is 5.91 Å². The number of nitrogens with two attached hydrogens (primary N) is 1. The molecule has 1 aromatic rings. The summed E-state index contributed by atoms with van der Waals surface area (Å²) in [5.74, 6) is 0.127. The monoisotopic (exact) mass is 223 g/mol. The van der Waals surface area contributed by atoms with Crippen molar-refractivity contribution in [3.8, 4) is 0 Å². The molecule has 6 nitrogen and oxygen atoms in total. The first kappa shape index (κ1) is 11.1. The molecule has 2 heterocycles. The third kappa shape index (κ3) is 2.57. The van der Waals surface area contributed by atoms with Gasteiger partial charge < -0.3 is 10.6 Å². The Bertz CT molecular complexity index is 356. The lowest BCUT2D eigenvalue weighted by Gasteiger charge is -2.14. The van der Waals surface area contributed by atoms with Gasteiger partial charge >= 0.3 is 0 Å². The van der Waals surface area contributed by atoms with E-state index in [9.17, 15) is 4.79 Å². The first-order chi connectivity index (χ1) is 7.79. The highest BCUT2D eigenvalue weighted by Crippen LogP contribution is 2.08. The molecule has 2 N–H and O–H groups in total. The minimum absolute atomic E-state index is 0.127. The van der Waals surface area contributed by atoms with Crippen molar-refractivity contribution in [3.63, 3.8) is 0 Å². The molecule has 0 aromatic carbocycles. The maximum absolute atomic E-state index is 11.8. The molecule has 0 unspecified atom stereocenters. The second-order valence-electron chi connectivity index (χ2n) is 4.03. The topological polar surface area (TPSA) is 77.0 Å². The van der Waals surface area contributed by atoms with Crippen LogP contribution in [0.15, 0.2) is 6.20 Å². The first-order valence-corrected chi connectivity index (χ1v) is 5.66. The third-order valence-corrected chi connectivity index (χ3v) is 2.74. The molecule has 0 saturated carbocycles. The highest BCUT2D eigenvalue weighted by atomic mass is 16.2. The summed E-state index contributed by atoms with van der Waals surface area (Å²) in [6, 6.07) is 0. The Morgan fingerprint density at radius 1 is 1.44 bits per heavy atom. The van der Waals surface area contributed by atoms with E-state index in [1.807, 2.05) is 4.90 Å². The Morgan fingerprint density at radius 2 is 2.19 bits per heavy atom. The van der Waals surface area contributed by atoms with E-state index in [2.05, 4.69) is 10.3 Å². The molecule has 2 rings (SSSR count). The number of likely N-dealkylation sites (tertiary alicyclic amines) is 1. The summed E-state index contributed by atoms with van der Waals surface area (Å²) in [6.07, 6.45) is 4.72. The van der Waals surface area contributed by atoms with Crippen molar-refractivity contribution in [1.29, 1.82) is 0 Å². The van der Waals surface area contributed by atoms with E-state index in [1.165, 1.54) is 0 Å². The Hall–Kier alpha value is -1.43. The zero-order valence-electron chi connectivity index (χ0n) is 9.30. The third-order valence-electron chi connectivity index (χ3n) is 2.74. The van der Waals surface area contributed by atoms with Gasteiger partial charge in [-0.05, 0) is 19.4 Å². The standard InChI is InChI=1S/C10H17N5O/c11-4-3-9-7-15(13-12-9)8-10(16)14-5-1-2-6-14/h7H,1-6,8,11H2. The summed E-state index contributed by atoms with van der Waals surface area (Å²) in [5, 5.41) is 7.86. The molecular weight excluding hydrogens is 206 g/mol. The number of amides is 1. The van der Waals surface area contributed by atoms with E-state index in [0.717, 1.165) is 31.6 Å². The van der Waals surface area contributed by atoms with E-state index in [1.54, 1.807) is 10.9 Å². The fraction of sp³-hybridized carbons (Fsp3) is 0.700. The van der Waals surface area contributed by atoms with Gasteiger partial charge in [0.25, 0.3) is 0 Å². The molecule has 1 aliphatic heterocycles. The van der Waals surface area contributed by atoms with Crippen molar-refractivity contribution in [3.05, 3.63) is 11.9 Å². The summed E-state index contributed by atoms with van der Waals surface area (Å²) in [6.45, 7) is 2.60. The van der Waals surface area contributed by atoms with Crippen LogP contribution in [-0.2, 0) is 17.8 Å². The van der Waals surface area contributed by atoms with Gasteiger partial charge in [-0.15, -0.1) is 5.10 Å². The Balaban J connectivity index is 1.89. The van der Waals surface area contributed by atoms with Gasteiger partial charge in [0, 0.05) is 25.7 Å². The van der Waals surface area contributed by atoms with Crippen LogP contribution >= 0.6 is 0 Å². The van der Waals surface area contributed by atoms with E-state index < -0.39 is 0 Å². The molecule has 88 valence electrons. The van der Waals surface area contributed by atoms with Crippen LogP contribution in [0.4, 0.5) is 0 Å². The molecule has 1 saturated heterocycles. The molecule has 0 radical (unpaired) electrons. The minimum atomic E-state index is 0.127. The maximum atomic E-state index is 11.8. The van der Waals surface area contributed by atoms with E-state index >= 15 is 0 Å². The van der Waals surface area contributed by atoms with Crippen molar-refractivity contribution in [2.45, 2.75) is 25.8 Å². The van der Waals surface area contributed by atoms with Crippen LogP contribution in [-0.4, -0.2) is 45.4 Å². The lowest BCUT2D eigenvalue weighted by molar-refractivity contribution is -0.130. The van der Waals surface area contributed by atoms with Gasteiger partial charge in [0.15, 0.2) is 0 Å². The van der Waals surface area contributed by atoms with Gasteiger partial charge in [0.05, 0.1) is 5.69 Å². The van der Waals surface area contributed by atoms with Crippen LogP contribution in [0.3, 0.4) is 0 Å². The van der Waals surface area contributed by atoms with Crippen molar-refractivity contribution in [2.75, 3.05) is 19.6 Å². The molecule has 0 aliphatic carbocycles. The summed E-state index contributed by atoms with van der Waals surface area (Å²) in [7, 11) is 0. The SMILES string of the molecule is NCCc1cn(CC(=O)N2CCCC2)nn1. The fourth-order valence-corrected chi connectivity index (χ4v) is 1.88. The fourth-order valence-electron chi connectivity index (χ4n) is 1.88. The van der Waals surface area contributed by atoms with Crippen LogP contribution in [0.25, 0.3) is 0 Å². The Morgan fingerprint density at radius 3 is 2.88 bits per heavy atom. The minimum Gasteiger partial charge on any atom is -0.341 e. The Labute approximate surface area is 94.4 Å². The molecule has 0 atom stereocenters. The second-order valence-corrected chi connectivity index (χ2v) is 4.03. The molecule has 1 amide bonds. The van der Waals surface area contributed by atoms with Gasteiger partial charge in [0.1, 0.15) is 6.54 Å². The number of nitrogens with zero attached hydrogens (tertiary/aromatic N) is 4. The lowest BCUT2D eigenvalue weighted by Crippen LogP contribution is -2.31. The van der Waals surface area contributed by atoms with Crippen LogP contribution in [0, 0.1) is 0 Å². The molecule has 0 bridgehead atoms. The maximum Gasteiger partial charge on any atom is 0.244 e. The molecule has 6 heteroatoms. The predicted molar refractivity (Wildman–Crippen MR) is 58.6 cm³/mol. The van der Waals surface area contributed by atoms with Gasteiger partial charge in [-0.1, -0.05) is 5.21 Å². The predicted octanol–water partition coefficient (Wildman–Crippen LogP) is -0.598. The highest BCUT2D eigenvalue weighted by Gasteiger charge is 2.18. The molecule has 0 spiro atoms. The molecular formula is C10H17N5O. The van der Waals surface area contributed by atoms with Gasteiger partial charge in [-0.2, -0.15) is 0 Å². The number of carbonyl (C=O) groups excluding carboxylic acids is 1. The summed E-state index contributed by atoms with van der Waals surface area (Å²) in [5.41, 5.74) is 6.26. The normalized spacial score (nSPS) is 15.7. The highest BCUT2D eigenvalue weighted by molar-refractivity contribution is 5.76. The zero-order chi connectivity index (χ0) is 11.4. The van der Waals surface area contributed by atoms with Crippen LogP contribution in [0.2, 0.25) is 0 Å². The van der Waals surface area contributed by atoms with Crippen molar-refractivity contribution in [2.24, 2.45) is 5.73 Å². The number of carbonyl (C=O) groups is 1. The zero-order valence-corrected chi connectivity index (χ0v) is 9.30. The number of aromatic nitrogens is 3. The Kier molecular flexibility index (Phi) is 3.51. The van der Waals surface area contributed by atoms with Crippen molar-refractivity contribution < 1.29 is 4.79 Å². The number of hydrogen-bond donors (Lipinski definition) is 1. The average molecular weight is 223 g/mol. The summed E-state index contributed by atoms with van der Waals surface area (Å²) in [4.78, 5) is 13.7. The largest absolute Gasteiger partial charge is 0.341 e. The molecule has 1 fully saturated rings. The lowest BCUT2D eigenvalue weighted by atomic mass is 10.3. The second kappa shape index (κ2) is 5.07. The van der Waals surface area contributed by atoms with E-state index in [4.69, 9.17) is 5.73 Å². The number of rotatable bonds is 4. The molecule has 1 aliphatic rings. The molecule has 1 aromatic heterocycles. The van der Waals surface area contributed by atoms with Crippen LogP contribution in [0.1, 0.15) is 18.5 Å². The molecule has 16 heavy (non-hydrogen) atoms. The van der Waals surface area contributed by atoms with Crippen molar-refractivity contribution >= 4 is 5.91 Å². The quantitative estimate of drug-likeness (QED) is 0.739. The van der Waals surface area contributed by atoms with E-state index in [0.29, 0.717) is 13.0 Å². The summed E-state index contributed by atoms with van der Waals surface area (Å²) >= 11 is 0. The smallest absolute Gasteiger partial charge is 0.244 e. The van der Waals surface area contributed by atoms with Crippen molar-refractivity contribution in [1.82, 2.24) is 19.9 Å². The first-order valence-electron chi connectivity index (χ1n) is 5.66. The van der Waals surface area contributed by atoms with Crippen LogP contribution in [0.5, 0.6) is 0 Å². The van der Waals surface area contributed by atoms with Gasteiger partial charge in [-0.3, -0.25) is 4.79 Å². The number of hydrogen-bond acceptors (Lipinski definition) is 4. The van der Waals surface area contributed by atoms with Crippen LogP contribution < -0.4 is 5.73 Å². The summed E-state index contributed by atoms with van der Waals surface area (Å²) < 4.78 is 1.59. The average Bonchev–Trinajstić information content (AvgIpc) is 2.89. The van der Waals surface area contributed by atoms with E-state index in [-0.39, 0.29) is 12.5 Å².